The lowest BCUT2D eigenvalue weighted by Gasteiger charge is -2.39. The van der Waals surface area contributed by atoms with Gasteiger partial charge < -0.3 is 15.1 Å². The van der Waals surface area contributed by atoms with Crippen molar-refractivity contribution in [1.29, 1.82) is 0 Å². The summed E-state index contributed by atoms with van der Waals surface area (Å²) in [7, 11) is 2.33. The lowest BCUT2D eigenvalue weighted by Crippen LogP contribution is -2.42. The van der Waals surface area contributed by atoms with Crippen LogP contribution in [-0.4, -0.2) is 62.2 Å². The van der Waals surface area contributed by atoms with Crippen LogP contribution in [0.1, 0.15) is 46.0 Å². The van der Waals surface area contributed by atoms with Gasteiger partial charge in [0.05, 0.1) is 0 Å². The molecule has 2 fully saturated rings. The van der Waals surface area contributed by atoms with Crippen LogP contribution >= 0.6 is 0 Å². The van der Waals surface area contributed by atoms with Crippen molar-refractivity contribution < 1.29 is 0 Å². The minimum atomic E-state index is 0.591. The first-order chi connectivity index (χ1) is 9.07. The van der Waals surface area contributed by atoms with E-state index in [1.807, 2.05) is 0 Å². The Morgan fingerprint density at radius 2 is 1.89 bits per heavy atom. The van der Waals surface area contributed by atoms with Crippen molar-refractivity contribution in [2.45, 2.75) is 52.0 Å². The monoisotopic (exact) mass is 267 g/mol. The van der Waals surface area contributed by atoms with Crippen LogP contribution in [0.2, 0.25) is 0 Å². The second-order valence-electron chi connectivity index (χ2n) is 7.32. The molecule has 2 rings (SSSR count). The Morgan fingerprint density at radius 1 is 1.16 bits per heavy atom. The van der Waals surface area contributed by atoms with E-state index in [-0.39, 0.29) is 0 Å². The molecule has 1 aliphatic carbocycles. The zero-order valence-electron chi connectivity index (χ0n) is 13.2. The van der Waals surface area contributed by atoms with Gasteiger partial charge >= 0.3 is 0 Å². The van der Waals surface area contributed by atoms with Crippen LogP contribution in [0.4, 0.5) is 0 Å². The molecule has 0 atom stereocenters. The van der Waals surface area contributed by atoms with Crippen LogP contribution in [0, 0.1) is 5.41 Å². The maximum Gasteiger partial charge on any atom is 0.0110 e. The van der Waals surface area contributed by atoms with E-state index in [0.29, 0.717) is 5.41 Å². The lowest BCUT2D eigenvalue weighted by molar-refractivity contribution is 0.116. The second-order valence-corrected chi connectivity index (χ2v) is 7.32. The minimum absolute atomic E-state index is 0.591. The Morgan fingerprint density at radius 3 is 2.63 bits per heavy atom. The van der Waals surface area contributed by atoms with Crippen molar-refractivity contribution >= 4 is 0 Å². The molecule has 19 heavy (non-hydrogen) atoms. The van der Waals surface area contributed by atoms with Crippen LogP contribution in [0.5, 0.6) is 0 Å². The molecule has 1 N–H and O–H groups in total. The van der Waals surface area contributed by atoms with Crippen LogP contribution < -0.4 is 5.32 Å². The standard InChI is InChI=1S/C16H33N3/c1-16(2)7-5-15(6-8-16)18(3)13-14-19-11-4-9-17-10-12-19/h15,17H,4-14H2,1-3H3. The molecule has 1 saturated carbocycles. The molecule has 3 heteroatoms. The summed E-state index contributed by atoms with van der Waals surface area (Å²) in [5, 5.41) is 3.48. The topological polar surface area (TPSA) is 18.5 Å². The van der Waals surface area contributed by atoms with Crippen LogP contribution in [-0.2, 0) is 0 Å². The summed E-state index contributed by atoms with van der Waals surface area (Å²) in [6.45, 7) is 12.2. The van der Waals surface area contributed by atoms with Gasteiger partial charge in [0.2, 0.25) is 0 Å². The Balaban J connectivity index is 1.67. The fourth-order valence-electron chi connectivity index (χ4n) is 3.43. The molecule has 0 aromatic carbocycles. The Kier molecular flexibility index (Phi) is 5.67. The van der Waals surface area contributed by atoms with Crippen molar-refractivity contribution in [3.63, 3.8) is 0 Å². The van der Waals surface area contributed by atoms with Crippen molar-refractivity contribution in [1.82, 2.24) is 15.1 Å². The van der Waals surface area contributed by atoms with Gasteiger partial charge in [0.15, 0.2) is 0 Å². The highest BCUT2D eigenvalue weighted by Crippen LogP contribution is 2.36. The average Bonchev–Trinajstić information content (AvgIpc) is 2.64. The van der Waals surface area contributed by atoms with Crippen molar-refractivity contribution in [2.75, 3.05) is 46.3 Å². The lowest BCUT2D eigenvalue weighted by atomic mass is 9.75. The molecule has 1 aliphatic heterocycles. The third-order valence-corrected chi connectivity index (χ3v) is 5.13. The second kappa shape index (κ2) is 7.05. The van der Waals surface area contributed by atoms with Gasteiger partial charge in [-0.05, 0) is 57.7 Å². The highest BCUT2D eigenvalue weighted by Gasteiger charge is 2.28. The van der Waals surface area contributed by atoms with Gasteiger partial charge in [-0.15, -0.1) is 0 Å². The molecule has 112 valence electrons. The number of nitrogens with zero attached hydrogens (tertiary/aromatic N) is 2. The number of hydrogen-bond acceptors (Lipinski definition) is 3. The van der Waals surface area contributed by atoms with Gasteiger partial charge in [0, 0.05) is 32.2 Å². The van der Waals surface area contributed by atoms with E-state index < -0.39 is 0 Å². The van der Waals surface area contributed by atoms with E-state index >= 15 is 0 Å². The molecule has 3 nitrogen and oxygen atoms in total. The number of rotatable bonds is 4. The number of likely N-dealkylation sites (N-methyl/N-ethyl adjacent to an activating group) is 1. The number of hydrogen-bond donors (Lipinski definition) is 1. The first-order valence-corrected chi connectivity index (χ1v) is 8.20. The van der Waals surface area contributed by atoms with E-state index in [1.54, 1.807) is 0 Å². The fraction of sp³-hybridized carbons (Fsp3) is 1.00. The first-order valence-electron chi connectivity index (χ1n) is 8.20. The van der Waals surface area contributed by atoms with Gasteiger partial charge in [-0.3, -0.25) is 0 Å². The molecular formula is C16H33N3. The highest BCUT2D eigenvalue weighted by atomic mass is 15.2. The van der Waals surface area contributed by atoms with Crippen LogP contribution in [0.25, 0.3) is 0 Å². The summed E-state index contributed by atoms with van der Waals surface area (Å²) in [5.41, 5.74) is 0.591. The molecule has 0 radical (unpaired) electrons. The summed E-state index contributed by atoms with van der Waals surface area (Å²) >= 11 is 0. The summed E-state index contributed by atoms with van der Waals surface area (Å²) in [6.07, 6.45) is 6.89. The third kappa shape index (κ3) is 5.05. The summed E-state index contributed by atoms with van der Waals surface area (Å²) in [5.74, 6) is 0. The molecule has 0 aromatic heterocycles. The van der Waals surface area contributed by atoms with E-state index in [1.165, 1.54) is 71.4 Å². The van der Waals surface area contributed by atoms with E-state index in [0.717, 1.165) is 6.04 Å². The average molecular weight is 267 g/mol. The maximum atomic E-state index is 3.48. The van der Waals surface area contributed by atoms with Crippen molar-refractivity contribution in [3.05, 3.63) is 0 Å². The Bertz CT molecular complexity index is 247. The van der Waals surface area contributed by atoms with Crippen LogP contribution in [0.3, 0.4) is 0 Å². The summed E-state index contributed by atoms with van der Waals surface area (Å²) < 4.78 is 0. The number of nitrogens with one attached hydrogen (secondary N) is 1. The molecule has 0 amide bonds. The van der Waals surface area contributed by atoms with Crippen LogP contribution in [0.15, 0.2) is 0 Å². The Labute approximate surface area is 119 Å². The van der Waals surface area contributed by atoms with E-state index in [2.05, 4.69) is 36.0 Å². The SMILES string of the molecule is CN(CCN1CCCNCC1)C1CCC(C)(C)CC1. The molecule has 2 aliphatic rings. The predicted molar refractivity (Wildman–Crippen MR) is 82.6 cm³/mol. The maximum absolute atomic E-state index is 3.48. The molecule has 1 heterocycles. The normalized spacial score (nSPS) is 26.5. The smallest absolute Gasteiger partial charge is 0.0110 e. The largest absolute Gasteiger partial charge is 0.315 e. The zero-order valence-corrected chi connectivity index (χ0v) is 13.2. The minimum Gasteiger partial charge on any atom is -0.315 e. The quantitative estimate of drug-likeness (QED) is 0.842. The summed E-state index contributed by atoms with van der Waals surface area (Å²) in [6, 6.07) is 0.832. The molecule has 0 aromatic rings. The zero-order chi connectivity index (χ0) is 13.7. The summed E-state index contributed by atoms with van der Waals surface area (Å²) in [4.78, 5) is 5.25. The third-order valence-electron chi connectivity index (χ3n) is 5.13. The molecular weight excluding hydrogens is 234 g/mol. The molecule has 1 saturated heterocycles. The van der Waals surface area contributed by atoms with Crippen molar-refractivity contribution in [3.8, 4) is 0 Å². The van der Waals surface area contributed by atoms with Crippen molar-refractivity contribution in [2.24, 2.45) is 5.41 Å². The first kappa shape index (κ1) is 15.3. The Hall–Kier alpha value is -0.120. The van der Waals surface area contributed by atoms with Gasteiger partial charge in [-0.25, -0.2) is 0 Å². The highest BCUT2D eigenvalue weighted by molar-refractivity contribution is 4.83. The molecule has 0 spiro atoms. The van der Waals surface area contributed by atoms with E-state index in [4.69, 9.17) is 0 Å². The van der Waals surface area contributed by atoms with Gasteiger partial charge in [-0.1, -0.05) is 13.8 Å². The van der Waals surface area contributed by atoms with Gasteiger partial charge in [-0.2, -0.15) is 0 Å². The predicted octanol–water partition coefficient (Wildman–Crippen LogP) is 2.18. The van der Waals surface area contributed by atoms with Gasteiger partial charge in [0.25, 0.3) is 0 Å². The molecule has 0 bridgehead atoms. The van der Waals surface area contributed by atoms with Gasteiger partial charge in [0.1, 0.15) is 0 Å². The molecule has 0 unspecified atom stereocenters. The van der Waals surface area contributed by atoms with E-state index in [9.17, 15) is 0 Å². The fourth-order valence-corrected chi connectivity index (χ4v) is 3.43.